The molecule has 1 aromatic heterocycles. The Bertz CT molecular complexity index is 750. The highest BCUT2D eigenvalue weighted by atomic mass is 35.5. The number of carbonyl (C=O) groups excluding carboxylic acids is 1. The molecule has 0 aliphatic heterocycles. The normalized spacial score (nSPS) is 11.7. The average Bonchev–Trinajstić information content (AvgIpc) is 2.63. The minimum atomic E-state index is -1.22. The van der Waals surface area contributed by atoms with Crippen LogP contribution < -0.4 is 14.8 Å². The molecule has 8 nitrogen and oxygen atoms in total. The summed E-state index contributed by atoms with van der Waals surface area (Å²) in [7, 11) is 4.41. The van der Waals surface area contributed by atoms with Crippen LogP contribution in [0.2, 0.25) is 5.02 Å². The van der Waals surface area contributed by atoms with E-state index in [2.05, 4.69) is 15.3 Å². The summed E-state index contributed by atoms with van der Waals surface area (Å²) in [4.78, 5) is 20.4. The van der Waals surface area contributed by atoms with Crippen molar-refractivity contribution in [3.05, 3.63) is 40.7 Å². The highest BCUT2D eigenvalue weighted by Crippen LogP contribution is 2.24. The molecule has 26 heavy (non-hydrogen) atoms. The molecule has 2 N–H and O–H groups in total. The lowest BCUT2D eigenvalue weighted by Gasteiger charge is -2.14. The number of methoxy groups -OCH3 is 3. The summed E-state index contributed by atoms with van der Waals surface area (Å²) in [6, 6.07) is 6.50. The molecule has 0 radical (unpaired) electrons. The minimum absolute atomic E-state index is 0.0320. The Morgan fingerprint density at radius 1 is 1.19 bits per heavy atom. The average molecular weight is 382 g/mol. The molecule has 0 aliphatic rings. The van der Waals surface area contributed by atoms with Crippen molar-refractivity contribution in [2.45, 2.75) is 19.1 Å². The smallest absolute Gasteiger partial charge is 0.227 e. The summed E-state index contributed by atoms with van der Waals surface area (Å²) in [6.45, 7) is 0.287. The first-order valence-electron chi connectivity index (χ1n) is 7.69. The third-order valence-electron chi connectivity index (χ3n) is 3.43. The predicted molar refractivity (Wildman–Crippen MR) is 95.5 cm³/mol. The van der Waals surface area contributed by atoms with Gasteiger partial charge in [-0.15, -0.1) is 0 Å². The summed E-state index contributed by atoms with van der Waals surface area (Å²) in [5, 5.41) is 13.5. The molecule has 0 saturated carbocycles. The number of nitrogens with one attached hydrogen (secondary N) is 1. The van der Waals surface area contributed by atoms with Crippen LogP contribution in [0.5, 0.6) is 11.8 Å². The van der Waals surface area contributed by atoms with Gasteiger partial charge in [-0.1, -0.05) is 11.6 Å². The molecule has 1 heterocycles. The van der Waals surface area contributed by atoms with Crippen LogP contribution in [0.1, 0.15) is 23.9 Å². The second kappa shape index (κ2) is 9.33. The number of benzene rings is 1. The fourth-order valence-electron chi connectivity index (χ4n) is 2.21. The maximum absolute atomic E-state index is 12.3. The predicted octanol–water partition coefficient (Wildman–Crippen LogP) is 2.36. The summed E-state index contributed by atoms with van der Waals surface area (Å²) in [6.07, 6.45) is -1.47. The zero-order chi connectivity index (χ0) is 19.1. The molecular weight excluding hydrogens is 362 g/mol. The zero-order valence-corrected chi connectivity index (χ0v) is 15.4. The molecule has 0 aliphatic carbocycles. The maximum atomic E-state index is 12.3. The first-order chi connectivity index (χ1) is 12.5. The van der Waals surface area contributed by atoms with Crippen LogP contribution in [0.15, 0.2) is 24.3 Å². The van der Waals surface area contributed by atoms with E-state index in [1.807, 2.05) is 0 Å². The standard InChI is InChI=1S/C17H20ClN3O5/c1-24-9-10-6-11(18)4-5-12(10)19-14(23)7-13(22)17-20-15(25-2)8-16(21-17)26-3/h4-6,8,13,22H,7,9H2,1-3H3,(H,19,23). The van der Waals surface area contributed by atoms with Crippen molar-refractivity contribution >= 4 is 23.2 Å². The van der Waals surface area contributed by atoms with Gasteiger partial charge in [0, 0.05) is 23.4 Å². The number of aliphatic hydroxyl groups excluding tert-OH is 1. The number of amides is 1. The van der Waals surface area contributed by atoms with Crippen LogP contribution in [0.4, 0.5) is 5.69 Å². The van der Waals surface area contributed by atoms with Crippen LogP contribution in [0.25, 0.3) is 0 Å². The van der Waals surface area contributed by atoms with Gasteiger partial charge in [-0.25, -0.2) is 0 Å². The number of rotatable bonds is 8. The van der Waals surface area contributed by atoms with Gasteiger partial charge in [-0.3, -0.25) is 4.79 Å². The number of nitrogens with zero attached hydrogens (tertiary/aromatic N) is 2. The molecule has 0 spiro atoms. The van der Waals surface area contributed by atoms with Gasteiger partial charge in [-0.05, 0) is 18.2 Å². The van der Waals surface area contributed by atoms with E-state index < -0.39 is 12.0 Å². The summed E-state index contributed by atoms with van der Waals surface area (Å²) in [5.74, 6) is 0.0740. The number of halogens is 1. The van der Waals surface area contributed by atoms with Crippen molar-refractivity contribution in [1.29, 1.82) is 0 Å². The Balaban J connectivity index is 2.10. The van der Waals surface area contributed by atoms with Gasteiger partial charge in [0.1, 0.15) is 6.10 Å². The van der Waals surface area contributed by atoms with Crippen molar-refractivity contribution < 1.29 is 24.1 Å². The third kappa shape index (κ3) is 5.29. The van der Waals surface area contributed by atoms with Gasteiger partial charge < -0.3 is 24.6 Å². The van der Waals surface area contributed by atoms with Crippen molar-refractivity contribution in [3.63, 3.8) is 0 Å². The van der Waals surface area contributed by atoms with Crippen molar-refractivity contribution in [2.24, 2.45) is 0 Å². The number of aromatic nitrogens is 2. The Hall–Kier alpha value is -2.42. The molecule has 1 aromatic carbocycles. The Morgan fingerprint density at radius 2 is 1.85 bits per heavy atom. The monoisotopic (exact) mass is 381 g/mol. The van der Waals surface area contributed by atoms with E-state index in [-0.39, 0.29) is 30.6 Å². The van der Waals surface area contributed by atoms with E-state index in [1.54, 1.807) is 25.3 Å². The summed E-state index contributed by atoms with van der Waals surface area (Å²) >= 11 is 5.96. The van der Waals surface area contributed by atoms with E-state index in [0.717, 1.165) is 5.56 Å². The van der Waals surface area contributed by atoms with Gasteiger partial charge in [-0.2, -0.15) is 9.97 Å². The first kappa shape index (κ1) is 19.9. The number of hydrogen-bond acceptors (Lipinski definition) is 7. The molecule has 2 aromatic rings. The second-order valence-corrected chi connectivity index (χ2v) is 5.75. The van der Waals surface area contributed by atoms with Gasteiger partial charge in [0.25, 0.3) is 0 Å². The maximum Gasteiger partial charge on any atom is 0.227 e. The van der Waals surface area contributed by atoms with Crippen LogP contribution in [0.3, 0.4) is 0 Å². The van der Waals surface area contributed by atoms with Crippen molar-refractivity contribution in [3.8, 4) is 11.8 Å². The second-order valence-electron chi connectivity index (χ2n) is 5.31. The zero-order valence-electron chi connectivity index (χ0n) is 14.7. The molecule has 9 heteroatoms. The van der Waals surface area contributed by atoms with E-state index in [4.69, 9.17) is 25.8 Å². The topological polar surface area (TPSA) is 103 Å². The number of carbonyl (C=O) groups is 1. The number of anilines is 1. The SMILES string of the molecule is COCc1cc(Cl)ccc1NC(=O)CC(O)c1nc(OC)cc(OC)n1. The van der Waals surface area contributed by atoms with Crippen molar-refractivity contribution in [1.82, 2.24) is 9.97 Å². The number of aliphatic hydroxyl groups is 1. The Morgan fingerprint density at radius 3 is 2.42 bits per heavy atom. The highest BCUT2D eigenvalue weighted by Gasteiger charge is 2.19. The quantitative estimate of drug-likeness (QED) is 0.723. The molecule has 0 bridgehead atoms. The lowest BCUT2D eigenvalue weighted by atomic mass is 10.1. The van der Waals surface area contributed by atoms with Gasteiger partial charge in [0.2, 0.25) is 17.7 Å². The fourth-order valence-corrected chi connectivity index (χ4v) is 2.40. The molecule has 0 saturated heterocycles. The Labute approximate surface area is 156 Å². The molecule has 140 valence electrons. The Kier molecular flexibility index (Phi) is 7.14. The van der Waals surface area contributed by atoms with E-state index in [1.165, 1.54) is 20.3 Å². The van der Waals surface area contributed by atoms with Gasteiger partial charge in [0.15, 0.2) is 5.82 Å². The fraction of sp³-hybridized carbons (Fsp3) is 0.353. The lowest BCUT2D eigenvalue weighted by Crippen LogP contribution is -2.18. The minimum Gasteiger partial charge on any atom is -0.481 e. The lowest BCUT2D eigenvalue weighted by molar-refractivity contribution is -0.118. The van der Waals surface area contributed by atoms with Crippen LogP contribution in [-0.2, 0) is 16.1 Å². The van der Waals surface area contributed by atoms with E-state index in [0.29, 0.717) is 10.7 Å². The molecule has 1 amide bonds. The first-order valence-corrected chi connectivity index (χ1v) is 8.06. The molecule has 1 unspecified atom stereocenters. The van der Waals surface area contributed by atoms with E-state index >= 15 is 0 Å². The summed E-state index contributed by atoms with van der Waals surface area (Å²) < 4.78 is 15.2. The van der Waals surface area contributed by atoms with Gasteiger partial charge >= 0.3 is 0 Å². The largest absolute Gasteiger partial charge is 0.481 e. The van der Waals surface area contributed by atoms with Gasteiger partial charge in [0.05, 0.1) is 33.3 Å². The summed E-state index contributed by atoms with van der Waals surface area (Å²) in [5.41, 5.74) is 1.28. The molecule has 1 atom stereocenters. The van der Waals surface area contributed by atoms with E-state index in [9.17, 15) is 9.90 Å². The number of ether oxygens (including phenoxy) is 3. The number of hydrogen-bond donors (Lipinski definition) is 2. The van der Waals surface area contributed by atoms with Crippen LogP contribution in [0, 0.1) is 0 Å². The van der Waals surface area contributed by atoms with Crippen LogP contribution in [-0.4, -0.2) is 42.3 Å². The molecule has 0 fully saturated rings. The third-order valence-corrected chi connectivity index (χ3v) is 3.67. The molecule has 2 rings (SSSR count). The molecular formula is C17H20ClN3O5. The van der Waals surface area contributed by atoms with Crippen molar-refractivity contribution in [2.75, 3.05) is 26.6 Å². The van der Waals surface area contributed by atoms with Crippen LogP contribution >= 0.6 is 11.6 Å². The highest BCUT2D eigenvalue weighted by molar-refractivity contribution is 6.30.